The van der Waals surface area contributed by atoms with Gasteiger partial charge in [0.2, 0.25) is 5.91 Å². The molecule has 1 aliphatic rings. The normalized spacial score (nSPS) is 14.8. The molecule has 1 saturated heterocycles. The number of piperidine rings is 1. The fraction of sp³-hybridized carbons (Fsp3) is 0.579. The number of benzene rings is 1. The highest BCUT2D eigenvalue weighted by Crippen LogP contribution is 2.19. The van der Waals surface area contributed by atoms with Gasteiger partial charge in [-0.3, -0.25) is 9.59 Å². The van der Waals surface area contributed by atoms with Crippen molar-refractivity contribution in [3.63, 3.8) is 0 Å². The van der Waals surface area contributed by atoms with Crippen molar-refractivity contribution in [1.82, 2.24) is 5.32 Å². The molecule has 138 valence electrons. The Bertz CT molecular complexity index is 539. The lowest BCUT2D eigenvalue weighted by Gasteiger charge is -2.22. The average Bonchev–Trinajstić information content (AvgIpc) is 2.65. The largest absolute Gasteiger partial charge is 0.494 e. The van der Waals surface area contributed by atoms with E-state index < -0.39 is 0 Å². The third-order valence-corrected chi connectivity index (χ3v) is 4.40. The lowest BCUT2D eigenvalue weighted by molar-refractivity contribution is -0.140. The molecule has 0 aromatic heterocycles. The Balaban J connectivity index is 1.65. The first-order valence-electron chi connectivity index (χ1n) is 8.97. The van der Waals surface area contributed by atoms with Crippen LogP contribution in [0.1, 0.15) is 38.5 Å². The second kappa shape index (κ2) is 10.7. The van der Waals surface area contributed by atoms with Crippen molar-refractivity contribution < 1.29 is 19.1 Å². The van der Waals surface area contributed by atoms with Crippen LogP contribution in [0.4, 0.5) is 5.69 Å². The summed E-state index contributed by atoms with van der Waals surface area (Å²) < 4.78 is 10.1. The molecule has 1 aliphatic heterocycles. The molecular weight excluding hydrogens is 320 g/mol. The number of nitrogens with one attached hydrogen (secondary N) is 2. The van der Waals surface area contributed by atoms with E-state index in [2.05, 4.69) is 15.4 Å². The van der Waals surface area contributed by atoms with Crippen LogP contribution in [-0.4, -0.2) is 38.7 Å². The second-order valence-corrected chi connectivity index (χ2v) is 6.33. The summed E-state index contributed by atoms with van der Waals surface area (Å²) in [6, 6.07) is 7.30. The van der Waals surface area contributed by atoms with Crippen LogP contribution in [0, 0.1) is 5.92 Å². The molecule has 1 amide bonds. The van der Waals surface area contributed by atoms with Crippen LogP contribution in [0.25, 0.3) is 0 Å². The topological polar surface area (TPSA) is 76.7 Å². The van der Waals surface area contributed by atoms with Crippen LogP contribution in [0.5, 0.6) is 5.75 Å². The Kier molecular flexibility index (Phi) is 8.25. The molecule has 1 heterocycles. The summed E-state index contributed by atoms with van der Waals surface area (Å²) in [5, 5.41) is 6.27. The number of esters is 1. The predicted molar refractivity (Wildman–Crippen MR) is 96.6 cm³/mol. The highest BCUT2D eigenvalue weighted by Gasteiger charge is 2.14. The zero-order valence-corrected chi connectivity index (χ0v) is 14.9. The number of ether oxygens (including phenoxy) is 2. The Morgan fingerprint density at radius 2 is 1.88 bits per heavy atom. The quantitative estimate of drug-likeness (QED) is 0.530. The third-order valence-electron chi connectivity index (χ3n) is 4.40. The molecule has 1 aromatic carbocycles. The molecule has 0 spiro atoms. The molecule has 0 radical (unpaired) electrons. The van der Waals surface area contributed by atoms with E-state index >= 15 is 0 Å². The first kappa shape index (κ1) is 19.2. The number of rotatable bonds is 9. The van der Waals surface area contributed by atoms with Gasteiger partial charge in [0.15, 0.2) is 0 Å². The maximum Gasteiger partial charge on any atom is 0.305 e. The molecule has 1 aromatic rings. The predicted octanol–water partition coefficient (Wildman–Crippen LogP) is 2.74. The third kappa shape index (κ3) is 7.56. The van der Waals surface area contributed by atoms with Gasteiger partial charge in [-0.05, 0) is 69.0 Å². The van der Waals surface area contributed by atoms with Gasteiger partial charge in [0.25, 0.3) is 0 Å². The zero-order chi connectivity index (χ0) is 17.9. The van der Waals surface area contributed by atoms with E-state index in [-0.39, 0.29) is 11.9 Å². The monoisotopic (exact) mass is 348 g/mol. The SMILES string of the molecule is COC(=O)CCCOc1ccc(NC(=O)CCC2CCNCC2)cc1. The Morgan fingerprint density at radius 1 is 1.16 bits per heavy atom. The fourth-order valence-electron chi connectivity index (χ4n) is 2.87. The van der Waals surface area contributed by atoms with Crippen molar-refractivity contribution in [3.8, 4) is 5.75 Å². The maximum absolute atomic E-state index is 12.0. The molecule has 2 rings (SSSR count). The number of amides is 1. The Hall–Kier alpha value is -2.08. The summed E-state index contributed by atoms with van der Waals surface area (Å²) in [7, 11) is 1.38. The second-order valence-electron chi connectivity index (χ2n) is 6.33. The number of carbonyl (C=O) groups is 2. The molecule has 0 unspecified atom stereocenters. The Labute approximate surface area is 149 Å². The molecule has 0 bridgehead atoms. The molecule has 25 heavy (non-hydrogen) atoms. The van der Waals surface area contributed by atoms with E-state index in [4.69, 9.17) is 4.74 Å². The minimum atomic E-state index is -0.230. The summed E-state index contributed by atoms with van der Waals surface area (Å²) in [4.78, 5) is 23.0. The van der Waals surface area contributed by atoms with Crippen molar-refractivity contribution in [2.45, 2.75) is 38.5 Å². The average molecular weight is 348 g/mol. The van der Waals surface area contributed by atoms with Gasteiger partial charge in [-0.2, -0.15) is 0 Å². The highest BCUT2D eigenvalue weighted by molar-refractivity contribution is 5.90. The Morgan fingerprint density at radius 3 is 2.56 bits per heavy atom. The summed E-state index contributed by atoms with van der Waals surface area (Å²) in [5.41, 5.74) is 0.775. The number of hydrogen-bond donors (Lipinski definition) is 2. The van der Waals surface area contributed by atoms with Crippen LogP contribution >= 0.6 is 0 Å². The lowest BCUT2D eigenvalue weighted by atomic mass is 9.93. The van der Waals surface area contributed by atoms with Crippen molar-refractivity contribution >= 4 is 17.6 Å². The van der Waals surface area contributed by atoms with E-state index in [1.54, 1.807) is 0 Å². The van der Waals surface area contributed by atoms with E-state index in [1.807, 2.05) is 24.3 Å². The summed E-state index contributed by atoms with van der Waals surface area (Å²) in [6.07, 6.45) is 4.81. The van der Waals surface area contributed by atoms with Crippen molar-refractivity contribution in [2.24, 2.45) is 5.92 Å². The molecule has 0 aliphatic carbocycles. The smallest absolute Gasteiger partial charge is 0.305 e. The van der Waals surface area contributed by atoms with E-state index in [1.165, 1.54) is 7.11 Å². The molecule has 2 N–H and O–H groups in total. The highest BCUT2D eigenvalue weighted by atomic mass is 16.5. The van der Waals surface area contributed by atoms with Crippen molar-refractivity contribution in [3.05, 3.63) is 24.3 Å². The van der Waals surface area contributed by atoms with Crippen LogP contribution < -0.4 is 15.4 Å². The number of hydrogen-bond acceptors (Lipinski definition) is 5. The molecule has 0 saturated carbocycles. The molecule has 0 atom stereocenters. The van der Waals surface area contributed by atoms with Crippen LogP contribution in [-0.2, 0) is 14.3 Å². The summed E-state index contributed by atoms with van der Waals surface area (Å²) in [5.74, 6) is 1.21. The number of carbonyl (C=O) groups excluding carboxylic acids is 2. The zero-order valence-electron chi connectivity index (χ0n) is 14.9. The van der Waals surface area contributed by atoms with Gasteiger partial charge in [0.1, 0.15) is 5.75 Å². The molecule has 6 nitrogen and oxygen atoms in total. The van der Waals surface area contributed by atoms with Gasteiger partial charge in [0, 0.05) is 18.5 Å². The van der Waals surface area contributed by atoms with Gasteiger partial charge >= 0.3 is 5.97 Å². The summed E-state index contributed by atoms with van der Waals surface area (Å²) in [6.45, 7) is 2.58. The van der Waals surface area contributed by atoms with Gasteiger partial charge < -0.3 is 20.1 Å². The molecular formula is C19H28N2O4. The van der Waals surface area contributed by atoms with Crippen LogP contribution in [0.3, 0.4) is 0 Å². The maximum atomic E-state index is 12.0. The van der Waals surface area contributed by atoms with Crippen molar-refractivity contribution in [1.29, 1.82) is 0 Å². The van der Waals surface area contributed by atoms with E-state index in [0.717, 1.165) is 43.8 Å². The minimum absolute atomic E-state index is 0.0604. The summed E-state index contributed by atoms with van der Waals surface area (Å²) >= 11 is 0. The van der Waals surface area contributed by atoms with Gasteiger partial charge in [-0.25, -0.2) is 0 Å². The lowest BCUT2D eigenvalue weighted by Crippen LogP contribution is -2.28. The fourth-order valence-corrected chi connectivity index (χ4v) is 2.87. The minimum Gasteiger partial charge on any atom is -0.494 e. The van der Waals surface area contributed by atoms with Crippen molar-refractivity contribution in [2.75, 3.05) is 32.1 Å². The van der Waals surface area contributed by atoms with E-state index in [0.29, 0.717) is 31.8 Å². The van der Waals surface area contributed by atoms with Crippen LogP contribution in [0.15, 0.2) is 24.3 Å². The first-order valence-corrected chi connectivity index (χ1v) is 8.97. The standard InChI is InChI=1S/C19H28N2O4/c1-24-19(23)3-2-14-25-17-7-5-16(6-8-17)21-18(22)9-4-15-10-12-20-13-11-15/h5-8,15,20H,2-4,9-14H2,1H3,(H,21,22). The van der Waals surface area contributed by atoms with Crippen LogP contribution in [0.2, 0.25) is 0 Å². The van der Waals surface area contributed by atoms with Gasteiger partial charge in [0.05, 0.1) is 13.7 Å². The molecule has 6 heteroatoms. The number of anilines is 1. The van der Waals surface area contributed by atoms with Gasteiger partial charge in [-0.1, -0.05) is 0 Å². The van der Waals surface area contributed by atoms with Gasteiger partial charge in [-0.15, -0.1) is 0 Å². The molecule has 1 fully saturated rings. The number of methoxy groups -OCH3 is 1. The first-order chi connectivity index (χ1) is 12.2. The van der Waals surface area contributed by atoms with E-state index in [9.17, 15) is 9.59 Å².